The van der Waals surface area contributed by atoms with E-state index in [1.165, 1.54) is 10.8 Å². The number of rotatable bonds is 6. The maximum atomic E-state index is 10.8. The fraction of sp³-hybridized carbons (Fsp3) is 0.107. The lowest BCUT2D eigenvalue weighted by atomic mass is 10.2. The summed E-state index contributed by atoms with van der Waals surface area (Å²) in [5, 5.41) is 13.1. The summed E-state index contributed by atoms with van der Waals surface area (Å²) in [6.45, 7) is 0.677. The molecule has 0 saturated carbocycles. The van der Waals surface area contributed by atoms with E-state index in [0.717, 1.165) is 39.2 Å². The highest BCUT2D eigenvalue weighted by Gasteiger charge is 2.14. The molecule has 1 unspecified atom stereocenters. The molecule has 6 heteroatoms. The number of aliphatic hydroxyl groups is 1. The summed E-state index contributed by atoms with van der Waals surface area (Å²) >= 11 is 0. The lowest BCUT2D eigenvalue weighted by molar-refractivity contribution is -0.00000851. The van der Waals surface area contributed by atoms with Crippen LogP contribution in [-0.2, 0) is 6.54 Å². The first-order chi connectivity index (χ1) is 16.3. The minimum atomic E-state index is -0.640. The van der Waals surface area contributed by atoms with Gasteiger partial charge < -0.3 is 31.8 Å². The van der Waals surface area contributed by atoms with Crippen LogP contribution >= 0.6 is 0 Å². The van der Waals surface area contributed by atoms with Gasteiger partial charge in [-0.3, -0.25) is 0 Å². The number of aliphatic hydroxyl groups excluding tert-OH is 1. The van der Waals surface area contributed by atoms with E-state index in [1.54, 1.807) is 0 Å². The van der Waals surface area contributed by atoms with Gasteiger partial charge in [0.05, 0.1) is 17.6 Å². The summed E-state index contributed by atoms with van der Waals surface area (Å²) in [5.41, 5.74) is 5.19. The van der Waals surface area contributed by atoms with Crippen molar-refractivity contribution in [2.24, 2.45) is 0 Å². The molecular formula is C28H23ClN3O2-. The minimum Gasteiger partial charge on any atom is -1.00 e. The molecule has 6 rings (SSSR count). The number of aromatic nitrogens is 3. The van der Waals surface area contributed by atoms with Crippen molar-refractivity contribution in [2.75, 3.05) is 6.61 Å². The minimum absolute atomic E-state index is 0. The van der Waals surface area contributed by atoms with Crippen molar-refractivity contribution in [1.29, 1.82) is 0 Å². The van der Waals surface area contributed by atoms with Crippen molar-refractivity contribution in [3.63, 3.8) is 0 Å². The van der Waals surface area contributed by atoms with Crippen LogP contribution in [0.1, 0.15) is 0 Å². The SMILES string of the molecule is OC(COc1ccc(-c2nc3ccccc3[nH]2)cc1)Cn1c2ccccc2c2ccccc21.[Cl-]. The predicted molar refractivity (Wildman–Crippen MR) is 132 cm³/mol. The van der Waals surface area contributed by atoms with Gasteiger partial charge in [0.15, 0.2) is 0 Å². The van der Waals surface area contributed by atoms with Crippen molar-refractivity contribution in [1.82, 2.24) is 14.5 Å². The van der Waals surface area contributed by atoms with Crippen LogP contribution in [0.15, 0.2) is 97.1 Å². The van der Waals surface area contributed by atoms with Crippen LogP contribution in [-0.4, -0.2) is 32.4 Å². The quantitative estimate of drug-likeness (QED) is 0.395. The van der Waals surface area contributed by atoms with E-state index in [9.17, 15) is 5.11 Å². The molecule has 0 saturated heterocycles. The number of para-hydroxylation sites is 4. The molecule has 2 N–H and O–H groups in total. The monoisotopic (exact) mass is 468 g/mol. The molecule has 0 bridgehead atoms. The number of fused-ring (bicyclic) bond motifs is 4. The first kappa shape index (κ1) is 22.0. The average Bonchev–Trinajstić information content (AvgIpc) is 3.43. The van der Waals surface area contributed by atoms with Gasteiger partial charge in [-0.1, -0.05) is 48.5 Å². The summed E-state index contributed by atoms with van der Waals surface area (Å²) in [5.74, 6) is 1.55. The normalized spacial score (nSPS) is 12.1. The Bertz CT molecular complexity index is 1480. The van der Waals surface area contributed by atoms with Crippen LogP contribution in [0.2, 0.25) is 0 Å². The topological polar surface area (TPSA) is 63.1 Å². The summed E-state index contributed by atoms with van der Waals surface area (Å²) in [6, 6.07) is 32.4. The lowest BCUT2D eigenvalue weighted by Crippen LogP contribution is -3.00. The van der Waals surface area contributed by atoms with Gasteiger partial charge in [0.1, 0.15) is 24.3 Å². The standard InChI is InChI=1S/C28H23N3O2.ClH/c32-20(17-31-26-11-5-1-7-22(26)23-8-2-6-12-27(23)31)18-33-21-15-13-19(14-16-21)28-29-24-9-3-4-10-25(24)30-28;/h1-16,20,32H,17-18H2,(H,29,30);1H/p-1. The zero-order valence-corrected chi connectivity index (χ0v) is 19.1. The Morgan fingerprint density at radius 2 is 1.41 bits per heavy atom. The molecule has 2 heterocycles. The van der Waals surface area contributed by atoms with Gasteiger partial charge in [-0.15, -0.1) is 0 Å². The number of hydrogen-bond donors (Lipinski definition) is 2. The smallest absolute Gasteiger partial charge is 0.138 e. The molecule has 0 aliphatic carbocycles. The number of nitrogens with one attached hydrogen (secondary N) is 1. The third kappa shape index (κ3) is 4.00. The lowest BCUT2D eigenvalue weighted by Gasteiger charge is -2.15. The van der Waals surface area contributed by atoms with Crippen molar-refractivity contribution < 1.29 is 22.3 Å². The van der Waals surface area contributed by atoms with Gasteiger partial charge in [0.2, 0.25) is 0 Å². The molecule has 0 spiro atoms. The Balaban J connectivity index is 0.00000241. The summed E-state index contributed by atoms with van der Waals surface area (Å²) in [7, 11) is 0. The number of halogens is 1. The number of ether oxygens (including phenoxy) is 1. The van der Waals surface area contributed by atoms with E-state index in [-0.39, 0.29) is 19.0 Å². The second kappa shape index (κ2) is 9.21. The molecule has 1 atom stereocenters. The molecule has 6 aromatic rings. The number of benzene rings is 4. The fourth-order valence-corrected chi connectivity index (χ4v) is 4.45. The second-order valence-corrected chi connectivity index (χ2v) is 8.24. The summed E-state index contributed by atoms with van der Waals surface area (Å²) in [6.07, 6.45) is -0.640. The molecule has 0 amide bonds. The zero-order chi connectivity index (χ0) is 22.2. The average molecular weight is 469 g/mol. The summed E-state index contributed by atoms with van der Waals surface area (Å²) in [4.78, 5) is 7.98. The van der Waals surface area contributed by atoms with Gasteiger partial charge in [0, 0.05) is 27.4 Å². The molecule has 34 heavy (non-hydrogen) atoms. The maximum absolute atomic E-state index is 10.8. The van der Waals surface area contributed by atoms with E-state index in [2.05, 4.69) is 38.8 Å². The Kier molecular flexibility index (Phi) is 5.97. The third-order valence-corrected chi connectivity index (χ3v) is 6.03. The maximum Gasteiger partial charge on any atom is 0.138 e. The van der Waals surface area contributed by atoms with Crippen LogP contribution in [0.4, 0.5) is 0 Å². The van der Waals surface area contributed by atoms with Gasteiger partial charge in [-0.05, 0) is 48.5 Å². The Morgan fingerprint density at radius 1 is 0.794 bits per heavy atom. The van der Waals surface area contributed by atoms with Crippen LogP contribution < -0.4 is 17.1 Å². The summed E-state index contributed by atoms with van der Waals surface area (Å²) < 4.78 is 8.07. The first-order valence-corrected chi connectivity index (χ1v) is 11.1. The van der Waals surface area contributed by atoms with Gasteiger partial charge in [0.25, 0.3) is 0 Å². The molecule has 5 nitrogen and oxygen atoms in total. The van der Waals surface area contributed by atoms with Crippen LogP contribution in [0.25, 0.3) is 44.2 Å². The molecule has 0 aliphatic rings. The van der Waals surface area contributed by atoms with E-state index in [1.807, 2.05) is 72.8 Å². The second-order valence-electron chi connectivity index (χ2n) is 8.24. The number of hydrogen-bond acceptors (Lipinski definition) is 3. The molecule has 4 aromatic carbocycles. The van der Waals surface area contributed by atoms with E-state index >= 15 is 0 Å². The Hall–Kier alpha value is -3.80. The van der Waals surface area contributed by atoms with Crippen molar-refractivity contribution in [2.45, 2.75) is 12.6 Å². The van der Waals surface area contributed by atoms with Crippen LogP contribution in [0.5, 0.6) is 5.75 Å². The zero-order valence-electron chi connectivity index (χ0n) is 18.4. The molecule has 0 radical (unpaired) electrons. The van der Waals surface area contributed by atoms with E-state index in [4.69, 9.17) is 4.74 Å². The molecule has 0 fully saturated rings. The Morgan fingerprint density at radius 3 is 2.09 bits per heavy atom. The van der Waals surface area contributed by atoms with Crippen molar-refractivity contribution in [3.05, 3.63) is 97.1 Å². The molecule has 170 valence electrons. The van der Waals surface area contributed by atoms with Gasteiger partial charge >= 0.3 is 0 Å². The first-order valence-electron chi connectivity index (χ1n) is 11.1. The highest BCUT2D eigenvalue weighted by Crippen LogP contribution is 2.29. The van der Waals surface area contributed by atoms with Gasteiger partial charge in [-0.2, -0.15) is 0 Å². The van der Waals surface area contributed by atoms with E-state index < -0.39 is 6.10 Å². The Labute approximate surface area is 203 Å². The number of imidazole rings is 1. The molecule has 2 aromatic heterocycles. The largest absolute Gasteiger partial charge is 1.00 e. The van der Waals surface area contributed by atoms with Crippen molar-refractivity contribution in [3.8, 4) is 17.1 Å². The highest BCUT2D eigenvalue weighted by molar-refractivity contribution is 6.07. The predicted octanol–water partition coefficient (Wildman–Crippen LogP) is 2.78. The molecular weight excluding hydrogens is 446 g/mol. The van der Waals surface area contributed by atoms with Gasteiger partial charge in [-0.25, -0.2) is 4.98 Å². The van der Waals surface area contributed by atoms with Crippen LogP contribution in [0, 0.1) is 0 Å². The number of H-pyrrole nitrogens is 1. The number of nitrogens with zero attached hydrogens (tertiary/aromatic N) is 2. The highest BCUT2D eigenvalue weighted by atomic mass is 35.5. The van der Waals surface area contributed by atoms with E-state index in [0.29, 0.717) is 6.54 Å². The fourth-order valence-electron chi connectivity index (χ4n) is 4.45. The number of aromatic amines is 1. The van der Waals surface area contributed by atoms with Crippen LogP contribution in [0.3, 0.4) is 0 Å². The molecule has 0 aliphatic heterocycles. The van der Waals surface area contributed by atoms with Crippen molar-refractivity contribution >= 4 is 32.8 Å². The third-order valence-electron chi connectivity index (χ3n) is 6.03.